The average molecular weight is 412 g/mol. The Balaban J connectivity index is 1.84. The van der Waals surface area contributed by atoms with Gasteiger partial charge in [-0.1, -0.05) is 0 Å². The Bertz CT molecular complexity index is 1030. The summed E-state index contributed by atoms with van der Waals surface area (Å²) in [5.41, 5.74) is 0.250. The van der Waals surface area contributed by atoms with E-state index in [4.69, 9.17) is 9.47 Å². The van der Waals surface area contributed by atoms with E-state index in [1.165, 1.54) is 50.5 Å². The van der Waals surface area contributed by atoms with Crippen LogP contribution in [0.2, 0.25) is 0 Å². The summed E-state index contributed by atoms with van der Waals surface area (Å²) in [6.07, 6.45) is 0.719. The quantitative estimate of drug-likeness (QED) is 0.805. The van der Waals surface area contributed by atoms with E-state index < -0.39 is 20.0 Å². The van der Waals surface area contributed by atoms with Gasteiger partial charge in [0.25, 0.3) is 10.0 Å². The predicted octanol–water partition coefficient (Wildman–Crippen LogP) is 1.90. The normalized spacial score (nSPS) is 14.6. The third-order valence-corrected chi connectivity index (χ3v) is 7.12. The topological polar surface area (TPSA) is 102 Å². The van der Waals surface area contributed by atoms with E-state index in [0.29, 0.717) is 24.7 Å². The zero-order chi connectivity index (χ0) is 19.7. The van der Waals surface area contributed by atoms with Crippen LogP contribution in [0, 0.1) is 0 Å². The monoisotopic (exact) mass is 412 g/mol. The molecule has 0 amide bonds. The lowest BCUT2D eigenvalue weighted by Gasteiger charge is -2.13. The maximum absolute atomic E-state index is 12.6. The van der Waals surface area contributed by atoms with Crippen molar-refractivity contribution >= 4 is 25.7 Å². The van der Waals surface area contributed by atoms with Gasteiger partial charge in [-0.05, 0) is 36.4 Å². The Morgan fingerprint density at radius 1 is 0.852 bits per heavy atom. The van der Waals surface area contributed by atoms with Crippen molar-refractivity contribution in [2.45, 2.75) is 16.2 Å². The summed E-state index contributed by atoms with van der Waals surface area (Å²) in [7, 11) is -4.59. The lowest BCUT2D eigenvalue weighted by atomic mass is 10.3. The van der Waals surface area contributed by atoms with Gasteiger partial charge in [-0.3, -0.25) is 4.72 Å². The van der Waals surface area contributed by atoms with Crippen LogP contribution in [0.15, 0.2) is 52.3 Å². The minimum absolute atomic E-state index is 0.0248. The van der Waals surface area contributed by atoms with E-state index >= 15 is 0 Å². The van der Waals surface area contributed by atoms with E-state index in [1.54, 1.807) is 6.07 Å². The standard InChI is InChI=1S/C17H20N2O6S2/c1-19(2)27(22,23)14-6-4-13(5-7-14)18-26(20,21)15-8-9-16-17(12-15)25-11-3-10-24-16/h4-9,12,18H,3,10-11H2,1-2H3. The molecule has 0 aliphatic carbocycles. The van der Waals surface area contributed by atoms with Crippen molar-refractivity contribution in [3.8, 4) is 11.5 Å². The SMILES string of the molecule is CN(C)S(=O)(=O)c1ccc(NS(=O)(=O)c2ccc3c(c2)OCCCO3)cc1. The molecular weight excluding hydrogens is 392 g/mol. The maximum atomic E-state index is 12.6. The molecule has 0 aromatic heterocycles. The van der Waals surface area contributed by atoms with Crippen LogP contribution >= 0.6 is 0 Å². The number of nitrogens with one attached hydrogen (secondary N) is 1. The lowest BCUT2D eigenvalue weighted by molar-refractivity contribution is 0.297. The van der Waals surface area contributed by atoms with Crippen LogP contribution in [-0.4, -0.2) is 48.4 Å². The van der Waals surface area contributed by atoms with Crippen LogP contribution < -0.4 is 14.2 Å². The summed E-state index contributed by atoms with van der Waals surface area (Å²) in [5, 5.41) is 0. The van der Waals surface area contributed by atoms with Crippen LogP contribution in [-0.2, 0) is 20.0 Å². The van der Waals surface area contributed by atoms with Crippen LogP contribution in [0.5, 0.6) is 11.5 Å². The summed E-state index contributed by atoms with van der Waals surface area (Å²) in [6, 6.07) is 9.90. The molecule has 27 heavy (non-hydrogen) atoms. The number of rotatable bonds is 5. The minimum atomic E-state index is -3.87. The van der Waals surface area contributed by atoms with Gasteiger partial charge in [0.1, 0.15) is 0 Å². The molecule has 0 atom stereocenters. The first-order valence-electron chi connectivity index (χ1n) is 8.15. The zero-order valence-corrected chi connectivity index (χ0v) is 16.5. The average Bonchev–Trinajstić information content (AvgIpc) is 2.86. The number of fused-ring (bicyclic) bond motifs is 1. The molecule has 0 fully saturated rings. The molecular formula is C17H20N2O6S2. The number of anilines is 1. The Kier molecular flexibility index (Phi) is 5.31. The molecule has 1 aliphatic heterocycles. The third kappa shape index (κ3) is 4.18. The largest absolute Gasteiger partial charge is 0.490 e. The van der Waals surface area contributed by atoms with E-state index in [2.05, 4.69) is 4.72 Å². The van der Waals surface area contributed by atoms with Crippen LogP contribution in [0.4, 0.5) is 5.69 Å². The van der Waals surface area contributed by atoms with Crippen molar-refractivity contribution in [1.29, 1.82) is 0 Å². The summed E-state index contributed by atoms with van der Waals surface area (Å²) < 4.78 is 63.9. The molecule has 2 aromatic rings. The highest BCUT2D eigenvalue weighted by Crippen LogP contribution is 2.32. The Labute approximate surface area is 158 Å². The molecule has 146 valence electrons. The van der Waals surface area contributed by atoms with Crippen molar-refractivity contribution in [1.82, 2.24) is 4.31 Å². The molecule has 1 heterocycles. The number of ether oxygens (including phenoxy) is 2. The molecule has 8 nitrogen and oxygen atoms in total. The zero-order valence-electron chi connectivity index (χ0n) is 14.9. The number of sulfonamides is 2. The molecule has 3 rings (SSSR count). The third-order valence-electron chi connectivity index (χ3n) is 3.91. The maximum Gasteiger partial charge on any atom is 0.262 e. The van der Waals surface area contributed by atoms with Gasteiger partial charge in [0.2, 0.25) is 10.0 Å². The Morgan fingerprint density at radius 2 is 1.44 bits per heavy atom. The second-order valence-corrected chi connectivity index (χ2v) is 9.91. The molecule has 10 heteroatoms. The van der Waals surface area contributed by atoms with Crippen LogP contribution in [0.3, 0.4) is 0 Å². The highest BCUT2D eigenvalue weighted by Gasteiger charge is 2.20. The minimum Gasteiger partial charge on any atom is -0.490 e. The fourth-order valence-corrected chi connectivity index (χ4v) is 4.41. The van der Waals surface area contributed by atoms with Crippen molar-refractivity contribution in [2.75, 3.05) is 32.0 Å². The van der Waals surface area contributed by atoms with E-state index in [0.717, 1.165) is 10.7 Å². The van der Waals surface area contributed by atoms with Crippen molar-refractivity contribution in [3.05, 3.63) is 42.5 Å². The number of hydrogen-bond donors (Lipinski definition) is 1. The van der Waals surface area contributed by atoms with Gasteiger partial charge in [-0.25, -0.2) is 21.1 Å². The molecule has 1 aliphatic rings. The number of hydrogen-bond acceptors (Lipinski definition) is 6. The van der Waals surface area contributed by atoms with Gasteiger partial charge in [0, 0.05) is 32.3 Å². The summed E-state index contributed by atoms with van der Waals surface area (Å²) in [6.45, 7) is 0.964. The van der Waals surface area contributed by atoms with Crippen LogP contribution in [0.1, 0.15) is 6.42 Å². The van der Waals surface area contributed by atoms with E-state index in [1.807, 2.05) is 0 Å². The number of nitrogens with zero attached hydrogens (tertiary/aromatic N) is 1. The highest BCUT2D eigenvalue weighted by molar-refractivity contribution is 7.92. The predicted molar refractivity (Wildman–Crippen MR) is 100 cm³/mol. The molecule has 2 aromatic carbocycles. The van der Waals surface area contributed by atoms with Gasteiger partial charge in [-0.2, -0.15) is 0 Å². The summed E-state index contributed by atoms with van der Waals surface area (Å²) in [4.78, 5) is 0.0998. The highest BCUT2D eigenvalue weighted by atomic mass is 32.2. The lowest BCUT2D eigenvalue weighted by Crippen LogP contribution is -2.22. The van der Waals surface area contributed by atoms with Crippen LogP contribution in [0.25, 0.3) is 0 Å². The van der Waals surface area contributed by atoms with Gasteiger partial charge in [0.05, 0.1) is 23.0 Å². The van der Waals surface area contributed by atoms with Gasteiger partial charge < -0.3 is 9.47 Å². The first-order valence-corrected chi connectivity index (χ1v) is 11.1. The van der Waals surface area contributed by atoms with Gasteiger partial charge in [0.15, 0.2) is 11.5 Å². The fourth-order valence-electron chi connectivity index (χ4n) is 2.43. The van der Waals surface area contributed by atoms with Gasteiger partial charge in [-0.15, -0.1) is 0 Å². The number of benzene rings is 2. The fraction of sp³-hybridized carbons (Fsp3) is 0.294. The first kappa shape index (κ1) is 19.5. The first-order chi connectivity index (χ1) is 12.7. The smallest absolute Gasteiger partial charge is 0.262 e. The molecule has 0 spiro atoms. The summed E-state index contributed by atoms with van der Waals surface area (Å²) >= 11 is 0. The van der Waals surface area contributed by atoms with Gasteiger partial charge >= 0.3 is 0 Å². The van der Waals surface area contributed by atoms with E-state index in [-0.39, 0.29) is 15.5 Å². The van der Waals surface area contributed by atoms with Crippen molar-refractivity contribution in [2.24, 2.45) is 0 Å². The second-order valence-electron chi connectivity index (χ2n) is 6.08. The molecule has 0 saturated carbocycles. The molecule has 1 N–H and O–H groups in total. The Hall–Kier alpha value is -2.30. The van der Waals surface area contributed by atoms with Crippen molar-refractivity contribution in [3.63, 3.8) is 0 Å². The molecule has 0 radical (unpaired) electrons. The van der Waals surface area contributed by atoms with E-state index in [9.17, 15) is 16.8 Å². The molecule has 0 saturated heterocycles. The second kappa shape index (κ2) is 7.37. The summed E-state index contributed by atoms with van der Waals surface area (Å²) in [5.74, 6) is 0.882. The Morgan fingerprint density at radius 3 is 2.07 bits per heavy atom. The molecule has 0 unspecified atom stereocenters. The molecule has 0 bridgehead atoms. The van der Waals surface area contributed by atoms with Crippen molar-refractivity contribution < 1.29 is 26.3 Å².